The third kappa shape index (κ3) is 4.91. The van der Waals surface area contributed by atoms with Crippen LogP contribution in [-0.2, 0) is 0 Å². The number of carbonyl (C=O) groups excluding carboxylic acids is 1. The van der Waals surface area contributed by atoms with E-state index in [-0.39, 0.29) is 17.4 Å². The summed E-state index contributed by atoms with van der Waals surface area (Å²) in [5.41, 5.74) is 0.485. The number of nitrogens with zero attached hydrogens (tertiary/aromatic N) is 4. The standard InChI is InChI=1S/C13H13FN4OS2/c1-18(2)8-15-12-16-17-13(21-12)20-7-11(19)9-3-5-10(14)6-4-9/h3-6,8H,7H2,1-2H3/b15-8+. The van der Waals surface area contributed by atoms with Crippen LogP contribution in [0.1, 0.15) is 10.4 Å². The van der Waals surface area contributed by atoms with E-state index in [0.717, 1.165) is 0 Å². The Bertz CT molecular complexity index is 640. The summed E-state index contributed by atoms with van der Waals surface area (Å²) in [4.78, 5) is 17.9. The number of hydrogen-bond donors (Lipinski definition) is 0. The Kier molecular flexibility index (Phi) is 5.40. The van der Waals surface area contributed by atoms with Gasteiger partial charge in [0.25, 0.3) is 0 Å². The van der Waals surface area contributed by atoms with E-state index in [1.165, 1.54) is 47.4 Å². The summed E-state index contributed by atoms with van der Waals surface area (Å²) in [5, 5.41) is 8.42. The van der Waals surface area contributed by atoms with E-state index in [1.54, 1.807) is 11.2 Å². The summed E-state index contributed by atoms with van der Waals surface area (Å²) < 4.78 is 13.5. The van der Waals surface area contributed by atoms with Crippen molar-refractivity contribution in [3.63, 3.8) is 0 Å². The number of benzene rings is 1. The van der Waals surface area contributed by atoms with Gasteiger partial charge in [0.15, 0.2) is 10.1 Å². The van der Waals surface area contributed by atoms with Crippen molar-refractivity contribution in [3.8, 4) is 0 Å². The highest BCUT2D eigenvalue weighted by molar-refractivity contribution is 8.01. The van der Waals surface area contributed by atoms with Gasteiger partial charge in [0.05, 0.1) is 12.1 Å². The van der Waals surface area contributed by atoms with Gasteiger partial charge >= 0.3 is 0 Å². The van der Waals surface area contributed by atoms with Gasteiger partial charge in [-0.25, -0.2) is 9.38 Å². The smallest absolute Gasteiger partial charge is 0.233 e. The monoisotopic (exact) mass is 324 g/mol. The molecule has 0 N–H and O–H groups in total. The lowest BCUT2D eigenvalue weighted by Crippen LogP contribution is -2.06. The van der Waals surface area contributed by atoms with E-state index in [9.17, 15) is 9.18 Å². The summed E-state index contributed by atoms with van der Waals surface area (Å²) in [6.07, 6.45) is 1.64. The Morgan fingerprint density at radius 2 is 2.10 bits per heavy atom. The predicted octanol–water partition coefficient (Wildman–Crippen LogP) is 2.87. The molecular weight excluding hydrogens is 311 g/mol. The van der Waals surface area contributed by atoms with E-state index in [1.807, 2.05) is 14.1 Å². The second kappa shape index (κ2) is 7.28. The van der Waals surface area contributed by atoms with Gasteiger partial charge < -0.3 is 4.90 Å². The predicted molar refractivity (Wildman–Crippen MR) is 83.2 cm³/mol. The van der Waals surface area contributed by atoms with Gasteiger partial charge in [0.2, 0.25) is 5.13 Å². The van der Waals surface area contributed by atoms with Crippen LogP contribution < -0.4 is 0 Å². The third-order valence-corrected chi connectivity index (χ3v) is 4.25. The lowest BCUT2D eigenvalue weighted by molar-refractivity contribution is 0.102. The molecule has 0 aliphatic heterocycles. The Morgan fingerprint density at radius 1 is 1.38 bits per heavy atom. The molecule has 0 aliphatic rings. The van der Waals surface area contributed by atoms with E-state index in [2.05, 4.69) is 15.2 Å². The average Bonchev–Trinajstić information content (AvgIpc) is 2.91. The molecule has 2 rings (SSSR count). The van der Waals surface area contributed by atoms with Crippen LogP contribution in [0.5, 0.6) is 0 Å². The molecule has 1 heterocycles. The van der Waals surface area contributed by atoms with Crippen molar-refractivity contribution in [2.24, 2.45) is 4.99 Å². The van der Waals surface area contributed by atoms with Gasteiger partial charge in [0.1, 0.15) is 5.82 Å². The molecule has 0 bridgehead atoms. The molecule has 21 heavy (non-hydrogen) atoms. The van der Waals surface area contributed by atoms with Crippen LogP contribution in [0.2, 0.25) is 0 Å². The minimum Gasteiger partial charge on any atom is -0.369 e. The van der Waals surface area contributed by atoms with Crippen LogP contribution in [0.15, 0.2) is 33.6 Å². The molecule has 5 nitrogen and oxygen atoms in total. The minimum atomic E-state index is -0.355. The molecular formula is C13H13FN4OS2. The number of thioether (sulfide) groups is 1. The molecule has 1 aromatic heterocycles. The topological polar surface area (TPSA) is 58.5 Å². The van der Waals surface area contributed by atoms with Gasteiger partial charge in [-0.05, 0) is 24.3 Å². The van der Waals surface area contributed by atoms with Crippen molar-refractivity contribution in [1.82, 2.24) is 15.1 Å². The molecule has 2 aromatic rings. The first kappa shape index (κ1) is 15.6. The van der Waals surface area contributed by atoms with Gasteiger partial charge in [-0.3, -0.25) is 4.79 Å². The van der Waals surface area contributed by atoms with E-state index in [0.29, 0.717) is 15.0 Å². The first-order chi connectivity index (χ1) is 10.0. The molecule has 1 aromatic carbocycles. The molecule has 0 radical (unpaired) electrons. The second-order valence-electron chi connectivity index (χ2n) is 4.28. The van der Waals surface area contributed by atoms with Crippen LogP contribution in [0, 0.1) is 5.82 Å². The summed E-state index contributed by atoms with van der Waals surface area (Å²) in [5.74, 6) is -0.197. The quantitative estimate of drug-likeness (QED) is 0.354. The fraction of sp³-hybridized carbons (Fsp3) is 0.231. The SMILES string of the molecule is CN(C)/C=N/c1nnc(SCC(=O)c2ccc(F)cc2)s1. The highest BCUT2D eigenvalue weighted by Gasteiger charge is 2.09. The fourth-order valence-corrected chi connectivity index (χ4v) is 2.90. The van der Waals surface area contributed by atoms with Crippen LogP contribution in [0.3, 0.4) is 0 Å². The van der Waals surface area contributed by atoms with Crippen molar-refractivity contribution >= 4 is 40.4 Å². The van der Waals surface area contributed by atoms with Crippen molar-refractivity contribution in [1.29, 1.82) is 0 Å². The van der Waals surface area contributed by atoms with E-state index < -0.39 is 0 Å². The first-order valence-corrected chi connectivity index (χ1v) is 7.80. The summed E-state index contributed by atoms with van der Waals surface area (Å²) >= 11 is 2.62. The zero-order valence-corrected chi connectivity index (χ0v) is 13.1. The molecule has 0 fully saturated rings. The molecule has 0 unspecified atom stereocenters. The molecule has 0 aliphatic carbocycles. The molecule has 0 saturated carbocycles. The highest BCUT2D eigenvalue weighted by atomic mass is 32.2. The number of halogens is 1. The van der Waals surface area contributed by atoms with Crippen molar-refractivity contribution in [2.45, 2.75) is 4.34 Å². The largest absolute Gasteiger partial charge is 0.369 e. The normalized spacial score (nSPS) is 11.0. The van der Waals surface area contributed by atoms with Crippen LogP contribution in [0.4, 0.5) is 9.52 Å². The number of rotatable bonds is 6. The van der Waals surface area contributed by atoms with Crippen molar-refractivity contribution < 1.29 is 9.18 Å². The Morgan fingerprint density at radius 3 is 2.76 bits per heavy atom. The van der Waals surface area contributed by atoms with Crippen LogP contribution in [0.25, 0.3) is 0 Å². The zero-order valence-electron chi connectivity index (χ0n) is 11.5. The summed E-state index contributed by atoms with van der Waals surface area (Å²) in [6.45, 7) is 0. The fourth-order valence-electron chi connectivity index (χ4n) is 1.32. The van der Waals surface area contributed by atoms with E-state index in [4.69, 9.17) is 0 Å². The molecule has 0 spiro atoms. The summed E-state index contributed by atoms with van der Waals surface area (Å²) in [7, 11) is 3.73. The molecule has 0 atom stereocenters. The number of carbonyl (C=O) groups is 1. The maximum Gasteiger partial charge on any atom is 0.233 e. The Hall–Kier alpha value is -1.80. The number of hydrogen-bond acceptors (Lipinski definition) is 6. The Balaban J connectivity index is 1.91. The lowest BCUT2D eigenvalue weighted by atomic mass is 10.1. The highest BCUT2D eigenvalue weighted by Crippen LogP contribution is 2.27. The van der Waals surface area contributed by atoms with E-state index >= 15 is 0 Å². The maximum atomic E-state index is 12.8. The number of ketones is 1. The molecule has 0 saturated heterocycles. The van der Waals surface area contributed by atoms with Crippen LogP contribution in [-0.4, -0.2) is 47.1 Å². The maximum absolute atomic E-state index is 12.8. The Labute approximate surface area is 129 Å². The van der Waals surface area contributed by atoms with Gasteiger partial charge in [-0.1, -0.05) is 23.1 Å². The zero-order chi connectivity index (χ0) is 15.2. The number of aromatic nitrogens is 2. The van der Waals surface area contributed by atoms with Gasteiger partial charge in [-0.2, -0.15) is 0 Å². The van der Waals surface area contributed by atoms with Crippen molar-refractivity contribution in [2.75, 3.05) is 19.8 Å². The van der Waals surface area contributed by atoms with Gasteiger partial charge in [-0.15, -0.1) is 10.2 Å². The number of Topliss-reactive ketones (excluding diaryl/α,β-unsaturated/α-hetero) is 1. The van der Waals surface area contributed by atoms with Crippen LogP contribution >= 0.6 is 23.1 Å². The average molecular weight is 324 g/mol. The minimum absolute atomic E-state index is 0.0754. The first-order valence-electron chi connectivity index (χ1n) is 6.00. The molecule has 110 valence electrons. The lowest BCUT2D eigenvalue weighted by Gasteiger charge is -1.99. The second-order valence-corrected chi connectivity index (χ2v) is 6.46. The number of aliphatic imine (C=N–C) groups is 1. The third-order valence-electron chi connectivity index (χ3n) is 2.29. The van der Waals surface area contributed by atoms with Crippen molar-refractivity contribution in [3.05, 3.63) is 35.6 Å². The summed E-state index contributed by atoms with van der Waals surface area (Å²) in [6, 6.07) is 5.50. The molecule has 0 amide bonds. The molecule has 8 heteroatoms. The van der Waals surface area contributed by atoms with Gasteiger partial charge in [0, 0.05) is 19.7 Å².